The van der Waals surface area contributed by atoms with Gasteiger partial charge in [-0.05, 0) is 48.5 Å². The molecule has 4 N–H and O–H groups in total. The summed E-state index contributed by atoms with van der Waals surface area (Å²) in [5.74, 6) is -1.40. The number of nitrogens with one attached hydrogen (secondary N) is 2. The summed E-state index contributed by atoms with van der Waals surface area (Å²) in [7, 11) is 1.92. The number of rotatable bonds is 8. The Morgan fingerprint density at radius 2 is 1.18 bits per heavy atom. The van der Waals surface area contributed by atoms with Gasteiger partial charge >= 0.3 is 5.91 Å². The summed E-state index contributed by atoms with van der Waals surface area (Å²) in [5.41, 5.74) is 1.70. The van der Waals surface area contributed by atoms with E-state index in [0.717, 1.165) is 0 Å². The number of halogens is 1. The van der Waals surface area contributed by atoms with E-state index in [1.807, 2.05) is 11.9 Å². The van der Waals surface area contributed by atoms with Crippen molar-refractivity contribution in [1.82, 2.24) is 4.90 Å². The van der Waals surface area contributed by atoms with Gasteiger partial charge < -0.3 is 27.5 Å². The molecule has 1 fully saturated rings. The first-order chi connectivity index (χ1) is 17.5. The van der Waals surface area contributed by atoms with E-state index in [1.165, 1.54) is 26.0 Å². The van der Waals surface area contributed by atoms with Gasteiger partial charge in [-0.15, -0.1) is 0 Å². The average Bonchev–Trinajstić information content (AvgIpc) is 2.85. The van der Waals surface area contributed by atoms with Gasteiger partial charge in [0.1, 0.15) is 0 Å². The van der Waals surface area contributed by atoms with Gasteiger partial charge in [-0.1, -0.05) is 0 Å². The summed E-state index contributed by atoms with van der Waals surface area (Å²) in [6.07, 6.45) is 0. The van der Waals surface area contributed by atoms with Crippen molar-refractivity contribution in [2.75, 3.05) is 67.1 Å². The zero-order valence-electron chi connectivity index (χ0n) is 21.6. The molecule has 38 heavy (non-hydrogen) atoms. The van der Waals surface area contributed by atoms with Crippen LogP contribution < -0.4 is 33.2 Å². The van der Waals surface area contributed by atoms with E-state index in [2.05, 4.69) is 10.6 Å². The molecule has 0 saturated carbocycles. The zero-order chi connectivity index (χ0) is 27.2. The summed E-state index contributed by atoms with van der Waals surface area (Å²) >= 11 is 0. The highest BCUT2D eigenvalue weighted by atomic mass is 35.5. The molecule has 1 heterocycles. The van der Waals surface area contributed by atoms with E-state index in [-0.39, 0.29) is 43.0 Å². The largest absolute Gasteiger partial charge is 1.00 e. The number of anilines is 4. The molecule has 0 spiro atoms. The molecule has 0 radical (unpaired) electrons. The quantitative estimate of drug-likeness (QED) is 0.179. The number of hydroxylamine groups is 2. The second-order valence-electron chi connectivity index (χ2n) is 9.37. The lowest BCUT2D eigenvalue weighted by molar-refractivity contribution is -0.906. The van der Waals surface area contributed by atoms with Gasteiger partial charge in [0.25, 0.3) is 5.91 Å². The van der Waals surface area contributed by atoms with Gasteiger partial charge in [0, 0.05) is 38.3 Å². The minimum atomic E-state index is -0.497. The van der Waals surface area contributed by atoms with E-state index in [0.29, 0.717) is 57.9 Å². The van der Waals surface area contributed by atoms with Crippen LogP contribution in [-0.4, -0.2) is 89.7 Å². The lowest BCUT2D eigenvalue weighted by Crippen LogP contribution is -3.00. The molecule has 0 aromatic heterocycles. The van der Waals surface area contributed by atoms with Gasteiger partial charge in [0.2, 0.25) is 11.8 Å². The smallest absolute Gasteiger partial charge is 0.305 e. The fraction of sp³-hybridized carbons (Fsp3) is 0.360. The molecule has 13 heteroatoms. The Bertz CT molecular complexity index is 1140. The molecule has 12 nitrogen and oxygen atoms in total. The standard InChI is InChI=1S/C25H32N6O6.ClH/c1-18(32)26-20-4-8-22(9-5-20)29(36)24(34)16-28-12-14-31(3,15-13-28)17-25(35)30(37)23-10-6-21(7-11-23)27-19(2)33;/h4-11,36-37H,12-17H2,1-3H3,(H-,26,27,32,33);1H. The topological polar surface area (TPSA) is 143 Å². The molecule has 0 atom stereocenters. The van der Waals surface area contributed by atoms with Crippen molar-refractivity contribution >= 4 is 46.4 Å². The van der Waals surface area contributed by atoms with Crippen LogP contribution in [0, 0.1) is 0 Å². The Morgan fingerprint density at radius 1 is 0.789 bits per heavy atom. The number of hydrogen-bond donors (Lipinski definition) is 4. The molecule has 1 aliphatic rings. The summed E-state index contributed by atoms with van der Waals surface area (Å²) < 4.78 is 0.387. The maximum Gasteiger partial charge on any atom is 0.305 e. The van der Waals surface area contributed by atoms with Gasteiger partial charge in [0.05, 0.1) is 38.1 Å². The van der Waals surface area contributed by atoms with Crippen molar-refractivity contribution < 1.29 is 46.5 Å². The number of carbonyl (C=O) groups is 4. The highest BCUT2D eigenvalue weighted by Crippen LogP contribution is 2.20. The van der Waals surface area contributed by atoms with Gasteiger partial charge in [-0.2, -0.15) is 10.1 Å². The van der Waals surface area contributed by atoms with Crippen LogP contribution in [0.3, 0.4) is 0 Å². The zero-order valence-corrected chi connectivity index (χ0v) is 22.3. The van der Waals surface area contributed by atoms with E-state index in [9.17, 15) is 29.6 Å². The highest BCUT2D eigenvalue weighted by molar-refractivity contribution is 5.94. The number of hydrogen-bond acceptors (Lipinski definition) is 7. The second-order valence-corrected chi connectivity index (χ2v) is 9.37. The monoisotopic (exact) mass is 548 g/mol. The molecular weight excluding hydrogens is 516 g/mol. The van der Waals surface area contributed by atoms with Crippen LogP contribution in [-0.2, 0) is 19.2 Å². The molecule has 2 aromatic rings. The Morgan fingerprint density at radius 3 is 1.58 bits per heavy atom. The molecule has 0 aliphatic carbocycles. The van der Waals surface area contributed by atoms with Gasteiger partial charge in [-0.3, -0.25) is 34.5 Å². The first kappa shape index (κ1) is 30.7. The molecular formula is C25H33ClN6O6. The van der Waals surface area contributed by atoms with Crippen molar-refractivity contribution in [3.05, 3.63) is 48.5 Å². The molecule has 4 amide bonds. The van der Waals surface area contributed by atoms with Crippen molar-refractivity contribution in [2.45, 2.75) is 13.8 Å². The Labute approximate surface area is 227 Å². The number of quaternary nitrogens is 1. The molecule has 2 aromatic carbocycles. The van der Waals surface area contributed by atoms with E-state index >= 15 is 0 Å². The summed E-state index contributed by atoms with van der Waals surface area (Å²) in [5, 5.41) is 27.1. The number of nitrogens with zero attached hydrogens (tertiary/aromatic N) is 4. The maximum atomic E-state index is 12.7. The molecule has 0 bridgehead atoms. The fourth-order valence-electron chi connectivity index (χ4n) is 4.02. The normalized spacial score (nSPS) is 14.6. The van der Waals surface area contributed by atoms with Crippen LogP contribution in [0.25, 0.3) is 0 Å². The third-order valence-electron chi connectivity index (χ3n) is 6.12. The molecule has 3 rings (SSSR count). The lowest BCUT2D eigenvalue weighted by atomic mass is 10.2. The third kappa shape index (κ3) is 8.50. The first-order valence-corrected chi connectivity index (χ1v) is 11.8. The van der Waals surface area contributed by atoms with Crippen LogP contribution in [0.2, 0.25) is 0 Å². The Balaban J connectivity index is 0.00000507. The molecule has 1 aliphatic heterocycles. The minimum Gasteiger partial charge on any atom is -1.00 e. The lowest BCUT2D eigenvalue weighted by Gasteiger charge is -2.41. The Hall–Kier alpha value is -3.55. The highest BCUT2D eigenvalue weighted by Gasteiger charge is 2.34. The van der Waals surface area contributed by atoms with Crippen LogP contribution in [0.4, 0.5) is 22.7 Å². The predicted molar refractivity (Wildman–Crippen MR) is 137 cm³/mol. The van der Waals surface area contributed by atoms with E-state index in [4.69, 9.17) is 0 Å². The number of amides is 4. The summed E-state index contributed by atoms with van der Waals surface area (Å²) in [6.45, 7) is 5.07. The molecule has 0 unspecified atom stereocenters. The van der Waals surface area contributed by atoms with Crippen LogP contribution >= 0.6 is 0 Å². The third-order valence-corrected chi connectivity index (χ3v) is 6.12. The van der Waals surface area contributed by atoms with Gasteiger partial charge in [-0.25, -0.2) is 0 Å². The maximum absolute atomic E-state index is 12.7. The average molecular weight is 549 g/mol. The second kappa shape index (κ2) is 13.3. The predicted octanol–water partition coefficient (Wildman–Crippen LogP) is -1.49. The Kier molecular flexibility index (Phi) is 10.7. The fourth-order valence-corrected chi connectivity index (χ4v) is 4.02. The van der Waals surface area contributed by atoms with Crippen LogP contribution in [0.5, 0.6) is 0 Å². The van der Waals surface area contributed by atoms with Crippen molar-refractivity contribution in [2.24, 2.45) is 0 Å². The van der Waals surface area contributed by atoms with E-state index < -0.39 is 11.8 Å². The number of likely N-dealkylation sites (N-methyl/N-ethyl adjacent to an activating group) is 1. The SMILES string of the molecule is CC(=O)Nc1ccc(N(O)C(=O)CN2CC[N+](C)(CC(=O)N(O)c3ccc(NC(C)=O)cc3)CC2)cc1.[Cl-]. The van der Waals surface area contributed by atoms with Crippen LogP contribution in [0.15, 0.2) is 48.5 Å². The number of piperazine rings is 1. The minimum absolute atomic E-state index is 0. The summed E-state index contributed by atoms with van der Waals surface area (Å²) in [6, 6.07) is 12.5. The van der Waals surface area contributed by atoms with Crippen molar-refractivity contribution in [3.63, 3.8) is 0 Å². The van der Waals surface area contributed by atoms with E-state index in [1.54, 1.807) is 36.4 Å². The van der Waals surface area contributed by atoms with Crippen molar-refractivity contribution in [1.29, 1.82) is 0 Å². The molecule has 1 saturated heterocycles. The van der Waals surface area contributed by atoms with Crippen molar-refractivity contribution in [3.8, 4) is 0 Å². The number of carbonyl (C=O) groups excluding carboxylic acids is 4. The van der Waals surface area contributed by atoms with Gasteiger partial charge in [0.15, 0.2) is 6.54 Å². The molecule has 206 valence electrons. The number of benzene rings is 2. The summed E-state index contributed by atoms with van der Waals surface area (Å²) in [4.78, 5) is 49.5. The first-order valence-electron chi connectivity index (χ1n) is 11.8. The van der Waals surface area contributed by atoms with Crippen LogP contribution in [0.1, 0.15) is 13.8 Å².